The van der Waals surface area contributed by atoms with Crippen molar-refractivity contribution in [1.29, 1.82) is 0 Å². The van der Waals surface area contributed by atoms with Gasteiger partial charge >= 0.3 is 11.9 Å². The van der Waals surface area contributed by atoms with Gasteiger partial charge in [-0.1, -0.05) is 39.8 Å². The molecule has 104 valence electrons. The predicted octanol–water partition coefficient (Wildman–Crippen LogP) is 3.04. The lowest BCUT2D eigenvalue weighted by Crippen LogP contribution is -2.19. The van der Waals surface area contributed by atoms with Crippen molar-refractivity contribution in [1.82, 2.24) is 0 Å². The highest BCUT2D eigenvalue weighted by molar-refractivity contribution is 5.71. The molecule has 0 saturated carbocycles. The molecule has 2 N–H and O–H groups in total. The maximum absolute atomic E-state index is 11.0. The molecule has 0 aliphatic carbocycles. The first kappa shape index (κ1) is 16.7. The molecule has 0 aromatic carbocycles. The molecule has 4 nitrogen and oxygen atoms in total. The van der Waals surface area contributed by atoms with Crippen LogP contribution in [0.25, 0.3) is 0 Å². The van der Waals surface area contributed by atoms with Gasteiger partial charge in [-0.25, -0.2) is 0 Å². The molecular weight excluding hydrogens is 232 g/mol. The van der Waals surface area contributed by atoms with Crippen LogP contribution in [0, 0.1) is 23.7 Å². The van der Waals surface area contributed by atoms with E-state index in [9.17, 15) is 9.59 Å². The van der Waals surface area contributed by atoms with Crippen LogP contribution in [0.2, 0.25) is 0 Å². The molecule has 0 amide bonds. The van der Waals surface area contributed by atoms with Crippen LogP contribution in [0.15, 0.2) is 12.2 Å². The summed E-state index contributed by atoms with van der Waals surface area (Å²) >= 11 is 0. The van der Waals surface area contributed by atoms with Crippen molar-refractivity contribution in [2.45, 2.75) is 40.5 Å². The summed E-state index contributed by atoms with van der Waals surface area (Å²) < 4.78 is 0. The minimum Gasteiger partial charge on any atom is -0.481 e. The summed E-state index contributed by atoms with van der Waals surface area (Å²) in [5.41, 5.74) is 0. The normalized spacial score (nSPS) is 15.2. The first-order valence-corrected chi connectivity index (χ1v) is 6.38. The van der Waals surface area contributed by atoms with Gasteiger partial charge in [0, 0.05) is 0 Å². The highest BCUT2D eigenvalue weighted by atomic mass is 16.4. The first-order valence-electron chi connectivity index (χ1n) is 6.38. The summed E-state index contributed by atoms with van der Waals surface area (Å²) in [4.78, 5) is 21.9. The number of carbonyl (C=O) groups is 2. The van der Waals surface area contributed by atoms with Crippen LogP contribution in [-0.2, 0) is 9.59 Å². The number of allylic oxidation sites excluding steroid dienone is 2. The largest absolute Gasteiger partial charge is 0.481 e. The molecule has 0 aromatic rings. The van der Waals surface area contributed by atoms with Gasteiger partial charge in [-0.2, -0.15) is 0 Å². The van der Waals surface area contributed by atoms with Gasteiger partial charge in [0.25, 0.3) is 0 Å². The molecule has 0 unspecified atom stereocenters. The number of carboxylic acid groups (broad SMARTS) is 2. The van der Waals surface area contributed by atoms with Gasteiger partial charge in [0.05, 0.1) is 11.8 Å². The lowest BCUT2D eigenvalue weighted by molar-refractivity contribution is -0.144. The van der Waals surface area contributed by atoms with Crippen LogP contribution < -0.4 is 0 Å². The van der Waals surface area contributed by atoms with Crippen LogP contribution in [0.1, 0.15) is 40.5 Å². The Kier molecular flexibility index (Phi) is 7.32. The van der Waals surface area contributed by atoms with Crippen molar-refractivity contribution >= 4 is 11.9 Å². The number of rotatable bonds is 8. The fraction of sp³-hybridized carbons (Fsp3) is 0.714. The average molecular weight is 256 g/mol. The molecular formula is C14H24O4. The Bertz CT molecular complexity index is 275. The second-order valence-corrected chi connectivity index (χ2v) is 5.32. The molecule has 0 fully saturated rings. The summed E-state index contributed by atoms with van der Waals surface area (Å²) in [6.07, 6.45) is 4.49. The van der Waals surface area contributed by atoms with Crippen molar-refractivity contribution in [3.05, 3.63) is 12.2 Å². The SMILES string of the molecule is CC(C)[C@@H](CC=CC[C@@H](C(=O)O)C(C)C)C(=O)O. The van der Waals surface area contributed by atoms with E-state index in [1.54, 1.807) is 12.2 Å². The quantitative estimate of drug-likeness (QED) is 0.654. The molecule has 0 bridgehead atoms. The Morgan fingerprint density at radius 2 is 1.11 bits per heavy atom. The van der Waals surface area contributed by atoms with E-state index < -0.39 is 23.8 Å². The molecule has 0 heterocycles. The maximum atomic E-state index is 11.0. The van der Waals surface area contributed by atoms with E-state index in [4.69, 9.17) is 10.2 Å². The third kappa shape index (κ3) is 5.84. The van der Waals surface area contributed by atoms with Crippen molar-refractivity contribution in [2.75, 3.05) is 0 Å². The highest BCUT2D eigenvalue weighted by Crippen LogP contribution is 2.19. The van der Waals surface area contributed by atoms with Crippen LogP contribution >= 0.6 is 0 Å². The molecule has 0 radical (unpaired) electrons. The number of hydrogen-bond donors (Lipinski definition) is 2. The minimum absolute atomic E-state index is 0.0764. The van der Waals surface area contributed by atoms with Crippen LogP contribution in [0.3, 0.4) is 0 Å². The smallest absolute Gasteiger partial charge is 0.307 e. The Balaban J connectivity index is 4.32. The van der Waals surface area contributed by atoms with Gasteiger partial charge in [0.2, 0.25) is 0 Å². The first-order chi connectivity index (χ1) is 8.27. The molecule has 2 atom stereocenters. The van der Waals surface area contributed by atoms with Crippen molar-refractivity contribution < 1.29 is 19.8 Å². The zero-order valence-corrected chi connectivity index (χ0v) is 11.6. The average Bonchev–Trinajstić information content (AvgIpc) is 2.20. The lowest BCUT2D eigenvalue weighted by Gasteiger charge is -2.15. The molecule has 0 rings (SSSR count). The monoisotopic (exact) mass is 256 g/mol. The Morgan fingerprint density at radius 3 is 1.28 bits per heavy atom. The van der Waals surface area contributed by atoms with Crippen LogP contribution in [0.5, 0.6) is 0 Å². The van der Waals surface area contributed by atoms with Gasteiger partial charge in [-0.05, 0) is 24.7 Å². The number of aliphatic carboxylic acids is 2. The topological polar surface area (TPSA) is 74.6 Å². The Hall–Kier alpha value is -1.32. The minimum atomic E-state index is -0.798. The molecule has 0 aliphatic heterocycles. The maximum Gasteiger partial charge on any atom is 0.307 e. The van der Waals surface area contributed by atoms with E-state index in [0.717, 1.165) is 0 Å². The summed E-state index contributed by atoms with van der Waals surface area (Å²) in [5, 5.41) is 18.0. The molecule has 4 heteroatoms. The zero-order chi connectivity index (χ0) is 14.3. The fourth-order valence-electron chi connectivity index (χ4n) is 1.80. The van der Waals surface area contributed by atoms with Gasteiger partial charge in [0.1, 0.15) is 0 Å². The van der Waals surface area contributed by atoms with Crippen molar-refractivity contribution in [3.8, 4) is 0 Å². The Morgan fingerprint density at radius 1 is 0.833 bits per heavy atom. The molecule has 18 heavy (non-hydrogen) atoms. The van der Waals surface area contributed by atoms with E-state index >= 15 is 0 Å². The molecule has 0 aromatic heterocycles. The van der Waals surface area contributed by atoms with Crippen molar-refractivity contribution in [2.24, 2.45) is 23.7 Å². The second-order valence-electron chi connectivity index (χ2n) is 5.32. The fourth-order valence-corrected chi connectivity index (χ4v) is 1.80. The number of carboxylic acids is 2. The third-order valence-electron chi connectivity index (χ3n) is 3.19. The van der Waals surface area contributed by atoms with Gasteiger partial charge in [-0.3, -0.25) is 9.59 Å². The lowest BCUT2D eigenvalue weighted by atomic mass is 9.90. The number of hydrogen-bond acceptors (Lipinski definition) is 2. The van der Waals surface area contributed by atoms with E-state index in [1.807, 2.05) is 27.7 Å². The van der Waals surface area contributed by atoms with Gasteiger partial charge in [0.15, 0.2) is 0 Å². The van der Waals surface area contributed by atoms with Gasteiger partial charge in [-0.15, -0.1) is 0 Å². The van der Waals surface area contributed by atoms with Crippen LogP contribution in [-0.4, -0.2) is 22.2 Å². The van der Waals surface area contributed by atoms with E-state index in [1.165, 1.54) is 0 Å². The predicted molar refractivity (Wildman–Crippen MR) is 70.3 cm³/mol. The summed E-state index contributed by atoms with van der Waals surface area (Å²) in [5.74, 6) is -2.24. The van der Waals surface area contributed by atoms with Gasteiger partial charge < -0.3 is 10.2 Å². The standard InChI is InChI=1S/C14H24O4/c1-9(2)11(13(15)16)7-5-6-8-12(10(3)4)14(17)18/h5-6,9-12H,7-8H2,1-4H3,(H,15,16)(H,17,18)/t11-,12-/m1/s1. The van der Waals surface area contributed by atoms with Crippen molar-refractivity contribution in [3.63, 3.8) is 0 Å². The second kappa shape index (κ2) is 7.90. The summed E-state index contributed by atoms with van der Waals surface area (Å²) in [7, 11) is 0. The Labute approximate surface area is 109 Å². The molecule has 0 aliphatic rings. The molecule has 0 spiro atoms. The van der Waals surface area contributed by atoms with Crippen LogP contribution in [0.4, 0.5) is 0 Å². The summed E-state index contributed by atoms with van der Waals surface area (Å²) in [6, 6.07) is 0. The summed E-state index contributed by atoms with van der Waals surface area (Å²) in [6.45, 7) is 7.50. The van der Waals surface area contributed by atoms with E-state index in [-0.39, 0.29) is 11.8 Å². The third-order valence-corrected chi connectivity index (χ3v) is 3.19. The molecule has 0 saturated heterocycles. The zero-order valence-electron chi connectivity index (χ0n) is 11.6. The van der Waals surface area contributed by atoms with E-state index in [2.05, 4.69) is 0 Å². The highest BCUT2D eigenvalue weighted by Gasteiger charge is 2.21. The van der Waals surface area contributed by atoms with E-state index in [0.29, 0.717) is 12.8 Å².